The average Bonchev–Trinajstić information content (AvgIpc) is 2.62. The van der Waals surface area contributed by atoms with Crippen molar-refractivity contribution in [2.45, 2.75) is 26.7 Å². The smallest absolute Gasteiger partial charge is 0.382 e. The molecule has 0 saturated heterocycles. The summed E-state index contributed by atoms with van der Waals surface area (Å²) < 4.78 is 39.4. The Bertz CT molecular complexity index is 1070. The van der Waals surface area contributed by atoms with Gasteiger partial charge in [-0.15, -0.1) is 0 Å². The summed E-state index contributed by atoms with van der Waals surface area (Å²) in [7, 11) is 0. The van der Waals surface area contributed by atoms with Gasteiger partial charge >= 0.3 is 17.5 Å². The molecule has 0 unspecified atom stereocenters. The van der Waals surface area contributed by atoms with E-state index in [1.807, 2.05) is 6.92 Å². The lowest BCUT2D eigenvalue weighted by molar-refractivity contribution is -0.173. The molecule has 0 bridgehead atoms. The van der Waals surface area contributed by atoms with E-state index in [1.165, 1.54) is 6.92 Å². The first kappa shape index (κ1) is 18.8. The number of fused-ring (bicyclic) bond motifs is 1. The van der Waals surface area contributed by atoms with E-state index in [0.29, 0.717) is 10.9 Å². The topological polar surface area (TPSA) is 56.5 Å². The molecule has 0 radical (unpaired) electrons. The van der Waals surface area contributed by atoms with E-state index in [4.69, 9.17) is 4.42 Å². The van der Waals surface area contributed by atoms with Crippen LogP contribution in [0.1, 0.15) is 23.6 Å². The molecule has 0 spiro atoms. The summed E-state index contributed by atoms with van der Waals surface area (Å²) in [5.74, 6) is -5.92. The first-order chi connectivity index (χ1) is 12.8. The van der Waals surface area contributed by atoms with Crippen LogP contribution in [0.5, 0.6) is 0 Å². The Morgan fingerprint density at radius 3 is 2.33 bits per heavy atom. The maximum atomic E-state index is 14.9. The number of rotatable bonds is 4. The van der Waals surface area contributed by atoms with E-state index in [0.717, 1.165) is 11.1 Å². The number of alkyl halides is 2. The summed E-state index contributed by atoms with van der Waals surface area (Å²) >= 11 is 0. The van der Waals surface area contributed by atoms with Gasteiger partial charge in [0.25, 0.3) is 0 Å². The molecule has 0 amide bonds. The molecule has 4 nitrogen and oxygen atoms in total. The highest BCUT2D eigenvalue weighted by atomic mass is 19.3. The van der Waals surface area contributed by atoms with Crippen molar-refractivity contribution in [3.63, 3.8) is 0 Å². The lowest BCUT2D eigenvalue weighted by Crippen LogP contribution is -2.34. The molecule has 6 heteroatoms. The summed E-state index contributed by atoms with van der Waals surface area (Å²) in [4.78, 5) is 24.4. The Kier molecular flexibility index (Phi) is 4.83. The fourth-order valence-corrected chi connectivity index (χ4v) is 2.94. The molecule has 0 aliphatic carbocycles. The first-order valence-electron chi connectivity index (χ1n) is 8.45. The third kappa shape index (κ3) is 3.35. The molecule has 0 aliphatic heterocycles. The van der Waals surface area contributed by atoms with Gasteiger partial charge < -0.3 is 9.15 Å². The van der Waals surface area contributed by atoms with Gasteiger partial charge in [-0.3, -0.25) is 0 Å². The van der Waals surface area contributed by atoms with Gasteiger partial charge in [-0.1, -0.05) is 41.5 Å². The molecule has 0 saturated carbocycles. The normalized spacial score (nSPS) is 11.6. The van der Waals surface area contributed by atoms with Gasteiger partial charge in [0, 0.05) is 10.9 Å². The third-order valence-corrected chi connectivity index (χ3v) is 4.25. The Morgan fingerprint density at radius 2 is 1.70 bits per heavy atom. The monoisotopic (exact) mass is 372 g/mol. The van der Waals surface area contributed by atoms with Gasteiger partial charge in [-0.25, -0.2) is 9.59 Å². The largest absolute Gasteiger partial charge is 0.461 e. The number of benzene rings is 2. The first-order valence-corrected chi connectivity index (χ1v) is 8.45. The predicted octanol–water partition coefficient (Wildman–Crippen LogP) is 4.73. The van der Waals surface area contributed by atoms with Crippen molar-refractivity contribution in [3.05, 3.63) is 69.6 Å². The molecule has 0 atom stereocenters. The second-order valence-electron chi connectivity index (χ2n) is 6.30. The van der Waals surface area contributed by atoms with Crippen LogP contribution in [0.4, 0.5) is 8.78 Å². The Hall–Kier alpha value is -3.02. The van der Waals surface area contributed by atoms with Gasteiger partial charge in [0.15, 0.2) is 0 Å². The number of halogens is 2. The lowest BCUT2D eigenvalue weighted by Gasteiger charge is -2.19. The minimum absolute atomic E-state index is 0.0250. The second-order valence-corrected chi connectivity index (χ2v) is 6.30. The fraction of sp³-hybridized carbons (Fsp3) is 0.238. The van der Waals surface area contributed by atoms with Gasteiger partial charge in [-0.2, -0.15) is 8.78 Å². The highest BCUT2D eigenvalue weighted by Gasteiger charge is 2.48. The molecule has 3 rings (SSSR count). The summed E-state index contributed by atoms with van der Waals surface area (Å²) in [6, 6.07) is 11.7. The van der Waals surface area contributed by atoms with Gasteiger partial charge in [0.05, 0.1) is 6.61 Å². The second kappa shape index (κ2) is 6.95. The molecule has 140 valence electrons. The fourth-order valence-electron chi connectivity index (χ4n) is 2.94. The molecule has 0 N–H and O–H groups in total. The number of carbonyl (C=O) groups excluding carboxylic acids is 1. The Balaban J connectivity index is 2.44. The molecule has 3 aromatic rings. The Labute approximate surface area is 154 Å². The minimum Gasteiger partial charge on any atom is -0.461 e. The molecule has 27 heavy (non-hydrogen) atoms. The number of carbonyl (C=O) groups is 1. The average molecular weight is 372 g/mol. The standard InChI is InChI=1S/C21H18F2O4/c1-4-26-20(25)21(22,23)18-17(14-8-5-12(2)6-9-14)15-11-13(3)7-10-16(15)27-19(18)24/h5-11H,4H2,1-3H3. The summed E-state index contributed by atoms with van der Waals surface area (Å²) in [6.07, 6.45) is 0. The molecule has 1 heterocycles. The SMILES string of the molecule is CCOC(=O)C(F)(F)c1c(-c2ccc(C)cc2)c2cc(C)ccc2oc1=O. The summed E-state index contributed by atoms with van der Waals surface area (Å²) in [5, 5.41) is 0.331. The zero-order chi connectivity index (χ0) is 19.8. The number of esters is 1. The quantitative estimate of drug-likeness (QED) is 0.491. The van der Waals surface area contributed by atoms with E-state index < -0.39 is 23.1 Å². The lowest BCUT2D eigenvalue weighted by atomic mass is 9.92. The molecular formula is C21H18F2O4. The van der Waals surface area contributed by atoms with Crippen LogP contribution in [0.2, 0.25) is 0 Å². The Morgan fingerprint density at radius 1 is 1.07 bits per heavy atom. The maximum absolute atomic E-state index is 14.9. The number of hydrogen-bond donors (Lipinski definition) is 0. The van der Waals surface area contributed by atoms with Crippen LogP contribution in [-0.4, -0.2) is 12.6 Å². The highest BCUT2D eigenvalue weighted by molar-refractivity contribution is 5.97. The maximum Gasteiger partial charge on any atom is 0.382 e. The summed E-state index contributed by atoms with van der Waals surface area (Å²) in [6.45, 7) is 4.85. The van der Waals surface area contributed by atoms with Crippen LogP contribution in [0.3, 0.4) is 0 Å². The molecule has 0 fully saturated rings. The molecule has 2 aromatic carbocycles. The van der Waals surface area contributed by atoms with Crippen molar-refractivity contribution in [1.29, 1.82) is 0 Å². The van der Waals surface area contributed by atoms with Crippen LogP contribution in [0.25, 0.3) is 22.1 Å². The predicted molar refractivity (Wildman–Crippen MR) is 97.9 cm³/mol. The highest BCUT2D eigenvalue weighted by Crippen LogP contribution is 2.39. The zero-order valence-corrected chi connectivity index (χ0v) is 15.1. The molecular weight excluding hydrogens is 354 g/mol. The van der Waals surface area contributed by atoms with Crippen molar-refractivity contribution < 1.29 is 22.7 Å². The van der Waals surface area contributed by atoms with Crippen molar-refractivity contribution in [3.8, 4) is 11.1 Å². The zero-order valence-electron chi connectivity index (χ0n) is 15.1. The number of ether oxygens (including phenoxy) is 1. The van der Waals surface area contributed by atoms with E-state index in [1.54, 1.807) is 49.4 Å². The van der Waals surface area contributed by atoms with Crippen LogP contribution in [0.15, 0.2) is 51.7 Å². The van der Waals surface area contributed by atoms with Crippen LogP contribution in [0, 0.1) is 13.8 Å². The van der Waals surface area contributed by atoms with E-state index >= 15 is 0 Å². The van der Waals surface area contributed by atoms with Crippen molar-refractivity contribution in [2.75, 3.05) is 6.61 Å². The van der Waals surface area contributed by atoms with Gasteiger partial charge in [-0.05, 0) is 38.5 Å². The number of hydrogen-bond acceptors (Lipinski definition) is 4. The van der Waals surface area contributed by atoms with Crippen molar-refractivity contribution in [1.82, 2.24) is 0 Å². The van der Waals surface area contributed by atoms with Crippen LogP contribution in [-0.2, 0) is 15.5 Å². The van der Waals surface area contributed by atoms with Crippen LogP contribution >= 0.6 is 0 Å². The van der Waals surface area contributed by atoms with E-state index in [-0.39, 0.29) is 17.8 Å². The van der Waals surface area contributed by atoms with Gasteiger partial charge in [0.2, 0.25) is 0 Å². The van der Waals surface area contributed by atoms with Crippen molar-refractivity contribution >= 4 is 16.9 Å². The third-order valence-electron chi connectivity index (χ3n) is 4.25. The molecule has 1 aromatic heterocycles. The minimum atomic E-state index is -4.14. The number of aryl methyl sites for hydroxylation is 2. The van der Waals surface area contributed by atoms with E-state index in [9.17, 15) is 18.4 Å². The van der Waals surface area contributed by atoms with E-state index in [2.05, 4.69) is 4.74 Å². The van der Waals surface area contributed by atoms with Crippen LogP contribution < -0.4 is 5.63 Å². The molecule has 0 aliphatic rings. The van der Waals surface area contributed by atoms with Gasteiger partial charge in [0.1, 0.15) is 11.1 Å². The summed E-state index contributed by atoms with van der Waals surface area (Å²) in [5.41, 5.74) is -0.00504. The van der Waals surface area contributed by atoms with Crippen molar-refractivity contribution in [2.24, 2.45) is 0 Å².